The van der Waals surface area contributed by atoms with E-state index < -0.39 is 0 Å². The van der Waals surface area contributed by atoms with Gasteiger partial charge in [0.05, 0.1) is 0 Å². The molecule has 0 unspecified atom stereocenters. The number of aromatic nitrogens is 2. The number of hydrogen-bond donors (Lipinski definition) is 0. The second-order valence-electron chi connectivity index (χ2n) is 5.68. The molecule has 0 saturated carbocycles. The Hall–Kier alpha value is -2.72. The molecule has 2 aromatic carbocycles. The second-order valence-corrected chi connectivity index (χ2v) is 6.47. The van der Waals surface area contributed by atoms with Crippen molar-refractivity contribution in [3.63, 3.8) is 0 Å². The molecular formula is C21H18N2OS. The van der Waals surface area contributed by atoms with Gasteiger partial charge in [-0.15, -0.1) is 11.8 Å². The highest BCUT2D eigenvalue weighted by Crippen LogP contribution is 2.33. The number of fused-ring (bicyclic) bond motifs is 1. The Labute approximate surface area is 151 Å². The molecule has 4 aromatic rings. The van der Waals surface area contributed by atoms with Gasteiger partial charge in [-0.2, -0.15) is 0 Å². The standard InChI is InChI=1S/C21H18N2OS/c1-25-21-19(17-11-6-3-7-12-17)22-20-18(13-8-14-23(20)21)24-15-16-9-4-2-5-10-16/h2-14H,15H2,1H3. The average Bonchev–Trinajstić information content (AvgIpc) is 3.07. The average molecular weight is 346 g/mol. The second kappa shape index (κ2) is 7.03. The number of ether oxygens (including phenoxy) is 1. The molecule has 0 atom stereocenters. The van der Waals surface area contributed by atoms with Gasteiger partial charge in [-0.1, -0.05) is 60.7 Å². The summed E-state index contributed by atoms with van der Waals surface area (Å²) in [4.78, 5) is 4.88. The van der Waals surface area contributed by atoms with Gasteiger partial charge in [0.2, 0.25) is 0 Å². The van der Waals surface area contributed by atoms with Crippen LogP contribution in [0.25, 0.3) is 16.9 Å². The van der Waals surface area contributed by atoms with Gasteiger partial charge in [-0.3, -0.25) is 4.40 Å². The highest BCUT2D eigenvalue weighted by molar-refractivity contribution is 7.98. The van der Waals surface area contributed by atoms with E-state index in [0.29, 0.717) is 6.61 Å². The number of hydrogen-bond acceptors (Lipinski definition) is 3. The van der Waals surface area contributed by atoms with E-state index in [1.165, 1.54) is 0 Å². The van der Waals surface area contributed by atoms with Gasteiger partial charge >= 0.3 is 0 Å². The molecule has 0 aliphatic carbocycles. The van der Waals surface area contributed by atoms with Gasteiger partial charge in [0.15, 0.2) is 11.4 Å². The summed E-state index contributed by atoms with van der Waals surface area (Å²) in [6.07, 6.45) is 4.11. The van der Waals surface area contributed by atoms with Gasteiger partial charge in [0.25, 0.3) is 0 Å². The third kappa shape index (κ3) is 3.13. The highest BCUT2D eigenvalue weighted by Gasteiger charge is 2.16. The highest BCUT2D eigenvalue weighted by atomic mass is 32.2. The topological polar surface area (TPSA) is 26.5 Å². The van der Waals surface area contributed by atoms with Gasteiger partial charge < -0.3 is 4.74 Å². The summed E-state index contributed by atoms with van der Waals surface area (Å²) in [5.41, 5.74) is 4.10. The fourth-order valence-corrected chi connectivity index (χ4v) is 3.55. The maximum Gasteiger partial charge on any atom is 0.181 e. The van der Waals surface area contributed by atoms with Gasteiger partial charge in [0.1, 0.15) is 17.3 Å². The molecule has 2 aromatic heterocycles. The summed E-state index contributed by atoms with van der Waals surface area (Å²) in [6, 6.07) is 24.4. The zero-order chi connectivity index (χ0) is 17.1. The van der Waals surface area contributed by atoms with Crippen LogP contribution in [-0.4, -0.2) is 15.6 Å². The number of pyridine rings is 1. The predicted molar refractivity (Wildman–Crippen MR) is 103 cm³/mol. The monoisotopic (exact) mass is 346 g/mol. The smallest absolute Gasteiger partial charge is 0.181 e. The summed E-state index contributed by atoms with van der Waals surface area (Å²) < 4.78 is 8.17. The number of thioether (sulfide) groups is 1. The van der Waals surface area contributed by atoms with Crippen molar-refractivity contribution >= 4 is 17.4 Å². The molecule has 3 nitrogen and oxygen atoms in total. The van der Waals surface area contributed by atoms with Crippen molar-refractivity contribution in [2.45, 2.75) is 11.6 Å². The minimum Gasteiger partial charge on any atom is -0.485 e. The van der Waals surface area contributed by atoms with Crippen molar-refractivity contribution in [1.82, 2.24) is 9.38 Å². The van der Waals surface area contributed by atoms with Crippen LogP contribution in [0.3, 0.4) is 0 Å². The lowest BCUT2D eigenvalue weighted by atomic mass is 10.2. The zero-order valence-corrected chi connectivity index (χ0v) is 14.7. The summed E-state index contributed by atoms with van der Waals surface area (Å²) >= 11 is 1.69. The molecule has 25 heavy (non-hydrogen) atoms. The molecule has 0 aliphatic heterocycles. The normalized spacial score (nSPS) is 10.9. The lowest BCUT2D eigenvalue weighted by Gasteiger charge is -2.07. The number of imidazole rings is 1. The number of nitrogens with zero attached hydrogens (tertiary/aromatic N) is 2. The molecule has 0 amide bonds. The minimum atomic E-state index is 0.530. The van der Waals surface area contributed by atoms with Crippen LogP contribution in [0.15, 0.2) is 84.0 Å². The van der Waals surface area contributed by atoms with E-state index in [4.69, 9.17) is 9.72 Å². The fraction of sp³-hybridized carbons (Fsp3) is 0.0952. The molecule has 0 aliphatic rings. The quantitative estimate of drug-likeness (QED) is 0.459. The van der Waals surface area contributed by atoms with Crippen molar-refractivity contribution in [3.8, 4) is 17.0 Å². The first-order chi connectivity index (χ1) is 12.4. The van der Waals surface area contributed by atoms with Crippen LogP contribution in [-0.2, 0) is 6.61 Å². The molecule has 4 rings (SSSR count). The molecule has 124 valence electrons. The first-order valence-electron chi connectivity index (χ1n) is 8.14. The Balaban J connectivity index is 1.75. The third-order valence-electron chi connectivity index (χ3n) is 4.05. The van der Waals surface area contributed by atoms with Crippen molar-refractivity contribution in [3.05, 3.63) is 84.6 Å². The fourth-order valence-electron chi connectivity index (χ4n) is 2.85. The van der Waals surface area contributed by atoms with Gasteiger partial charge in [-0.05, 0) is 24.0 Å². The van der Waals surface area contributed by atoms with E-state index in [2.05, 4.69) is 34.9 Å². The predicted octanol–water partition coefficient (Wildman–Crippen LogP) is 5.30. The van der Waals surface area contributed by atoms with Crippen molar-refractivity contribution < 1.29 is 4.74 Å². The molecule has 0 bridgehead atoms. The maximum atomic E-state index is 6.06. The largest absolute Gasteiger partial charge is 0.485 e. The summed E-state index contributed by atoms with van der Waals surface area (Å²) in [7, 11) is 0. The Kier molecular flexibility index (Phi) is 4.44. The van der Waals surface area contributed by atoms with E-state index in [9.17, 15) is 0 Å². The summed E-state index contributed by atoms with van der Waals surface area (Å²) in [5.74, 6) is 0.795. The summed E-state index contributed by atoms with van der Waals surface area (Å²) in [6.45, 7) is 0.530. The minimum absolute atomic E-state index is 0.530. The van der Waals surface area contributed by atoms with E-state index in [0.717, 1.165) is 33.2 Å². The lowest BCUT2D eigenvalue weighted by Crippen LogP contribution is -1.97. The van der Waals surface area contributed by atoms with Crippen LogP contribution >= 0.6 is 11.8 Å². The Bertz CT molecular complexity index is 981. The molecule has 0 fully saturated rings. The first-order valence-corrected chi connectivity index (χ1v) is 9.36. The van der Waals surface area contributed by atoms with Crippen LogP contribution in [0.5, 0.6) is 5.75 Å². The lowest BCUT2D eigenvalue weighted by molar-refractivity contribution is 0.308. The van der Waals surface area contributed by atoms with Gasteiger partial charge in [0, 0.05) is 11.8 Å². The van der Waals surface area contributed by atoms with E-state index in [1.807, 2.05) is 54.7 Å². The molecule has 0 spiro atoms. The van der Waals surface area contributed by atoms with E-state index in [-0.39, 0.29) is 0 Å². The van der Waals surface area contributed by atoms with Crippen molar-refractivity contribution in [2.75, 3.05) is 6.26 Å². The SMILES string of the molecule is CSc1c(-c2ccccc2)nc2c(OCc3ccccc3)cccn12. The molecular weight excluding hydrogens is 328 g/mol. The maximum absolute atomic E-state index is 6.06. The molecule has 2 heterocycles. The third-order valence-corrected chi connectivity index (χ3v) is 4.82. The van der Waals surface area contributed by atoms with Gasteiger partial charge in [-0.25, -0.2) is 4.98 Å². The van der Waals surface area contributed by atoms with Crippen LogP contribution in [0.2, 0.25) is 0 Å². The van der Waals surface area contributed by atoms with Crippen LogP contribution in [0.4, 0.5) is 0 Å². The molecule has 0 saturated heterocycles. The van der Waals surface area contributed by atoms with E-state index in [1.54, 1.807) is 11.8 Å². The Morgan fingerprint density at radius 1 is 0.920 bits per heavy atom. The Morgan fingerprint density at radius 2 is 1.64 bits per heavy atom. The molecule has 0 radical (unpaired) electrons. The number of rotatable bonds is 5. The zero-order valence-electron chi connectivity index (χ0n) is 13.9. The molecule has 4 heteroatoms. The first kappa shape index (κ1) is 15.8. The van der Waals surface area contributed by atoms with E-state index >= 15 is 0 Å². The van der Waals surface area contributed by atoms with Crippen molar-refractivity contribution in [2.24, 2.45) is 0 Å². The van der Waals surface area contributed by atoms with Crippen LogP contribution in [0, 0.1) is 0 Å². The van der Waals surface area contributed by atoms with Crippen LogP contribution < -0.4 is 4.74 Å². The molecule has 0 N–H and O–H groups in total. The Morgan fingerprint density at radius 3 is 2.36 bits per heavy atom. The number of benzene rings is 2. The van der Waals surface area contributed by atoms with Crippen LogP contribution in [0.1, 0.15) is 5.56 Å². The van der Waals surface area contributed by atoms with Crippen molar-refractivity contribution in [1.29, 1.82) is 0 Å². The summed E-state index contributed by atoms with van der Waals surface area (Å²) in [5, 5.41) is 1.12.